The number of hydrogen-bond acceptors (Lipinski definition) is 0. The summed E-state index contributed by atoms with van der Waals surface area (Å²) in [5, 5.41) is 3.88. The van der Waals surface area contributed by atoms with Gasteiger partial charge in [0.15, 0.2) is 0 Å². The van der Waals surface area contributed by atoms with Crippen LogP contribution in [0.1, 0.15) is 12.0 Å². The third kappa shape index (κ3) is 1.13. The molecule has 0 bridgehead atoms. The first-order valence-electron chi connectivity index (χ1n) is 5.52. The van der Waals surface area contributed by atoms with Gasteiger partial charge in [-0.3, -0.25) is 0 Å². The van der Waals surface area contributed by atoms with Gasteiger partial charge in [0.2, 0.25) is 0 Å². The molecule has 0 fully saturated rings. The van der Waals surface area contributed by atoms with Crippen LogP contribution in [0.15, 0.2) is 18.2 Å². The van der Waals surface area contributed by atoms with Crippen LogP contribution in [0.2, 0.25) is 0 Å². The van der Waals surface area contributed by atoms with Crippen molar-refractivity contribution in [1.29, 1.82) is 0 Å². The van der Waals surface area contributed by atoms with Gasteiger partial charge in [0.25, 0.3) is 0 Å². The topological polar surface area (TPSA) is 4.93 Å². The third-order valence-electron chi connectivity index (χ3n) is 3.22. The van der Waals surface area contributed by atoms with Gasteiger partial charge < -0.3 is 4.57 Å². The number of hydrogen-bond donors (Lipinski definition) is 0. The summed E-state index contributed by atoms with van der Waals surface area (Å²) in [6.45, 7) is 2.16. The van der Waals surface area contributed by atoms with Gasteiger partial charge in [0.1, 0.15) is 0 Å². The molecule has 0 aliphatic heterocycles. The highest BCUT2D eigenvalue weighted by atomic mass is 14.9. The van der Waals surface area contributed by atoms with E-state index < -0.39 is 0 Å². The summed E-state index contributed by atoms with van der Waals surface area (Å²) in [7, 11) is 2.12. The molecule has 1 aliphatic carbocycles. The number of fused-ring (bicyclic) bond motifs is 3. The molecule has 2 aromatic rings. The molecule has 78 valence electrons. The van der Waals surface area contributed by atoms with Crippen molar-refractivity contribution in [3.63, 3.8) is 0 Å². The van der Waals surface area contributed by atoms with Crippen LogP contribution in [0.3, 0.4) is 0 Å². The normalized spacial score (nSPS) is 13.1. The van der Waals surface area contributed by atoms with Crippen molar-refractivity contribution in [1.82, 2.24) is 4.57 Å². The fourth-order valence-corrected chi connectivity index (χ4v) is 2.48. The van der Waals surface area contributed by atoms with Gasteiger partial charge in [-0.25, -0.2) is 0 Å². The van der Waals surface area contributed by atoms with Crippen LogP contribution in [0.4, 0.5) is 0 Å². The van der Waals surface area contributed by atoms with E-state index in [1.807, 2.05) is 6.08 Å². The number of aromatic nitrogens is 1. The van der Waals surface area contributed by atoms with Crippen LogP contribution in [0.25, 0.3) is 23.1 Å². The van der Waals surface area contributed by atoms with Crippen molar-refractivity contribution < 1.29 is 0 Å². The molecule has 0 atom stereocenters. The second kappa shape index (κ2) is 3.28. The van der Waals surface area contributed by atoms with Crippen molar-refractivity contribution in [3.8, 4) is 11.8 Å². The second-order valence-electron chi connectivity index (χ2n) is 4.20. The van der Waals surface area contributed by atoms with Crippen LogP contribution < -0.4 is 10.6 Å². The van der Waals surface area contributed by atoms with Crippen molar-refractivity contribution in [2.24, 2.45) is 7.05 Å². The minimum absolute atomic E-state index is 0.844. The van der Waals surface area contributed by atoms with Gasteiger partial charge in [0, 0.05) is 30.1 Å². The van der Waals surface area contributed by atoms with Gasteiger partial charge in [-0.05, 0) is 12.5 Å². The molecule has 1 aromatic carbocycles. The molecule has 1 heterocycles. The fourth-order valence-electron chi connectivity index (χ4n) is 2.48. The van der Waals surface area contributed by atoms with E-state index in [2.05, 4.69) is 54.7 Å². The molecular formula is C15H13N. The Kier molecular flexibility index (Phi) is 1.91. The van der Waals surface area contributed by atoms with Crippen molar-refractivity contribution in [2.75, 3.05) is 0 Å². The minimum Gasteiger partial charge on any atom is -0.343 e. The molecule has 0 N–H and O–H groups in total. The standard InChI is InChI=1S/C15H13N/c1-11-7-6-9-13-12-8-4-3-5-10-14(12)16(2)15(11)13/h6-10H,4H2,1-2H3. The zero-order valence-corrected chi connectivity index (χ0v) is 9.54. The van der Waals surface area contributed by atoms with Crippen LogP contribution >= 0.6 is 0 Å². The number of aryl methyl sites for hydroxylation is 2. The predicted octanol–water partition coefficient (Wildman–Crippen LogP) is 1.45. The van der Waals surface area contributed by atoms with E-state index in [1.54, 1.807) is 0 Å². The molecular weight excluding hydrogens is 194 g/mol. The van der Waals surface area contributed by atoms with E-state index in [-0.39, 0.29) is 0 Å². The zero-order chi connectivity index (χ0) is 11.1. The molecule has 0 saturated heterocycles. The average molecular weight is 207 g/mol. The Morgan fingerprint density at radius 3 is 3.06 bits per heavy atom. The van der Waals surface area contributed by atoms with Gasteiger partial charge in [-0.15, -0.1) is 0 Å². The maximum atomic E-state index is 3.11. The highest BCUT2D eigenvalue weighted by Crippen LogP contribution is 2.13. The van der Waals surface area contributed by atoms with Gasteiger partial charge in [0.05, 0.1) is 10.9 Å². The quantitative estimate of drug-likeness (QED) is 0.576. The predicted molar refractivity (Wildman–Crippen MR) is 68.2 cm³/mol. The summed E-state index contributed by atoms with van der Waals surface area (Å²) in [5.41, 5.74) is 2.64. The van der Waals surface area contributed by atoms with E-state index in [9.17, 15) is 0 Å². The highest BCUT2D eigenvalue weighted by Gasteiger charge is 2.06. The van der Waals surface area contributed by atoms with Gasteiger partial charge in [-0.1, -0.05) is 36.1 Å². The molecule has 1 heteroatoms. The van der Waals surface area contributed by atoms with Gasteiger partial charge in [-0.2, -0.15) is 0 Å². The summed E-state index contributed by atoms with van der Waals surface area (Å²) in [4.78, 5) is 0. The van der Waals surface area contributed by atoms with Crippen LogP contribution in [0, 0.1) is 18.8 Å². The largest absolute Gasteiger partial charge is 0.343 e. The monoisotopic (exact) mass is 207 g/mol. The van der Waals surface area contributed by atoms with E-state index in [4.69, 9.17) is 0 Å². The Morgan fingerprint density at radius 1 is 1.31 bits per heavy atom. The molecule has 1 nitrogen and oxygen atoms in total. The molecule has 1 aromatic heterocycles. The number of para-hydroxylation sites is 1. The summed E-state index contributed by atoms with van der Waals surface area (Å²) in [5.74, 6) is 6.21. The molecule has 1 aliphatic rings. The molecule has 0 spiro atoms. The van der Waals surface area contributed by atoms with Crippen molar-refractivity contribution >= 4 is 23.1 Å². The second-order valence-corrected chi connectivity index (χ2v) is 4.20. The lowest BCUT2D eigenvalue weighted by atomic mass is 10.1. The Hall–Kier alpha value is -1.94. The molecule has 0 radical (unpaired) electrons. The number of nitrogens with zero attached hydrogens (tertiary/aromatic N) is 1. The zero-order valence-electron chi connectivity index (χ0n) is 9.54. The van der Waals surface area contributed by atoms with Crippen molar-refractivity contribution in [3.05, 3.63) is 34.3 Å². The Balaban J connectivity index is 2.67. The first kappa shape index (κ1) is 9.30. The smallest absolute Gasteiger partial charge is 0.0570 e. The summed E-state index contributed by atoms with van der Waals surface area (Å²) in [6, 6.07) is 6.47. The van der Waals surface area contributed by atoms with Crippen molar-refractivity contribution in [2.45, 2.75) is 13.3 Å². The number of benzene rings is 1. The molecule has 3 rings (SSSR count). The lowest BCUT2D eigenvalue weighted by Crippen LogP contribution is -2.27. The summed E-state index contributed by atoms with van der Waals surface area (Å²) >= 11 is 0. The van der Waals surface area contributed by atoms with Crippen LogP contribution in [-0.2, 0) is 7.05 Å². The average Bonchev–Trinajstić information content (AvgIpc) is 2.47. The van der Waals surface area contributed by atoms with Gasteiger partial charge >= 0.3 is 0 Å². The van der Waals surface area contributed by atoms with E-state index in [1.165, 1.54) is 27.0 Å². The minimum atomic E-state index is 0.844. The molecule has 0 unspecified atom stereocenters. The number of rotatable bonds is 0. The maximum Gasteiger partial charge on any atom is 0.0570 e. The third-order valence-corrected chi connectivity index (χ3v) is 3.22. The molecule has 0 amide bonds. The fraction of sp³-hybridized carbons (Fsp3) is 0.200. The Bertz CT molecular complexity index is 749. The SMILES string of the molecule is Cc1cccc2c3c(n(C)c12)=CC#CCC=3. The lowest BCUT2D eigenvalue weighted by Gasteiger charge is -1.99. The van der Waals surface area contributed by atoms with E-state index >= 15 is 0 Å². The first-order valence-corrected chi connectivity index (χ1v) is 5.52. The summed E-state index contributed by atoms with van der Waals surface area (Å²) in [6.07, 6.45) is 5.10. The first-order chi connectivity index (χ1) is 7.79. The van der Waals surface area contributed by atoms with Crippen LogP contribution in [-0.4, -0.2) is 4.57 Å². The lowest BCUT2D eigenvalue weighted by molar-refractivity contribution is 0.922. The Labute approximate surface area is 94.7 Å². The van der Waals surface area contributed by atoms with E-state index in [0.717, 1.165) is 6.42 Å². The maximum absolute atomic E-state index is 3.11. The molecule has 16 heavy (non-hydrogen) atoms. The molecule has 0 saturated carbocycles. The highest BCUT2D eigenvalue weighted by molar-refractivity contribution is 5.85. The van der Waals surface area contributed by atoms with Crippen LogP contribution in [0.5, 0.6) is 0 Å². The summed E-state index contributed by atoms with van der Waals surface area (Å²) < 4.78 is 2.25. The Morgan fingerprint density at radius 2 is 2.19 bits per heavy atom. The van der Waals surface area contributed by atoms with E-state index in [0.29, 0.717) is 0 Å².